The molecule has 0 saturated carbocycles. The Hall–Kier alpha value is -4.25. The molecule has 0 unspecified atom stereocenters. The normalized spacial score (nSPS) is 11.1. The highest BCUT2D eigenvalue weighted by atomic mass is 32.2. The Morgan fingerprint density at radius 1 is 0.829 bits per heavy atom. The molecule has 7 heteroatoms. The minimum absolute atomic E-state index is 0.136. The van der Waals surface area contributed by atoms with Gasteiger partial charge in [-0.3, -0.25) is 4.79 Å². The minimum atomic E-state index is -3.70. The molecule has 0 aliphatic carbocycles. The van der Waals surface area contributed by atoms with E-state index >= 15 is 0 Å². The molecule has 1 amide bonds. The number of rotatable bonds is 7. The average Bonchev–Trinajstić information content (AvgIpc) is 2.89. The molecule has 0 aliphatic heterocycles. The largest absolute Gasteiger partial charge is 0.322 e. The van der Waals surface area contributed by atoms with E-state index in [1.807, 2.05) is 42.5 Å². The van der Waals surface area contributed by atoms with Crippen LogP contribution in [0.1, 0.15) is 21.5 Å². The van der Waals surface area contributed by atoms with Gasteiger partial charge in [0.2, 0.25) is 10.0 Å². The van der Waals surface area contributed by atoms with Crippen LogP contribution in [0.4, 0.5) is 5.69 Å². The molecule has 0 heterocycles. The molecule has 0 saturated heterocycles. The molecule has 0 radical (unpaired) electrons. The first-order valence-corrected chi connectivity index (χ1v) is 12.3. The van der Waals surface area contributed by atoms with Crippen LogP contribution in [0.25, 0.3) is 11.1 Å². The first-order chi connectivity index (χ1) is 16.9. The Kier molecular flexibility index (Phi) is 7.06. The Morgan fingerprint density at radius 2 is 1.43 bits per heavy atom. The third kappa shape index (κ3) is 5.30. The topological polar surface area (TPSA) is 90.3 Å². The highest BCUT2D eigenvalue weighted by molar-refractivity contribution is 7.89. The minimum Gasteiger partial charge on any atom is -0.322 e. The summed E-state index contributed by atoms with van der Waals surface area (Å²) >= 11 is 0. The lowest BCUT2D eigenvalue weighted by Gasteiger charge is -2.17. The maximum atomic E-state index is 13.1. The number of hydrogen-bond acceptors (Lipinski definition) is 4. The van der Waals surface area contributed by atoms with Gasteiger partial charge in [0.25, 0.3) is 5.91 Å². The monoisotopic (exact) mass is 481 g/mol. The van der Waals surface area contributed by atoms with Gasteiger partial charge in [-0.25, -0.2) is 8.42 Å². The van der Waals surface area contributed by atoms with Crippen molar-refractivity contribution in [2.24, 2.45) is 0 Å². The van der Waals surface area contributed by atoms with Gasteiger partial charge < -0.3 is 5.32 Å². The van der Waals surface area contributed by atoms with Crippen LogP contribution in [0.5, 0.6) is 0 Å². The van der Waals surface area contributed by atoms with E-state index in [0.29, 0.717) is 27.9 Å². The van der Waals surface area contributed by atoms with Crippen molar-refractivity contribution in [3.05, 3.63) is 120 Å². The van der Waals surface area contributed by atoms with E-state index in [4.69, 9.17) is 0 Å². The second kappa shape index (κ2) is 10.3. The van der Waals surface area contributed by atoms with E-state index in [9.17, 15) is 18.5 Å². The third-order valence-electron chi connectivity index (χ3n) is 5.58. The first-order valence-electron chi connectivity index (χ1n) is 10.9. The van der Waals surface area contributed by atoms with Gasteiger partial charge in [-0.15, -0.1) is 0 Å². The zero-order chi connectivity index (χ0) is 24.8. The average molecular weight is 482 g/mol. The van der Waals surface area contributed by atoms with E-state index < -0.39 is 10.0 Å². The Bertz CT molecular complexity index is 1490. The number of nitriles is 1. The number of amides is 1. The molecular formula is C28H23N3O3S. The number of carbonyl (C=O) groups excluding carboxylic acids is 1. The zero-order valence-electron chi connectivity index (χ0n) is 19.0. The molecule has 35 heavy (non-hydrogen) atoms. The Labute approximate surface area is 205 Å². The maximum Gasteiger partial charge on any atom is 0.256 e. The van der Waals surface area contributed by atoms with Gasteiger partial charge in [-0.2, -0.15) is 9.57 Å². The number of anilines is 1. The summed E-state index contributed by atoms with van der Waals surface area (Å²) in [5.74, 6) is -0.356. The van der Waals surface area contributed by atoms with Crippen molar-refractivity contribution in [1.29, 1.82) is 5.26 Å². The lowest BCUT2D eigenvalue weighted by atomic mass is 9.95. The summed E-state index contributed by atoms with van der Waals surface area (Å²) in [6, 6.07) is 31.7. The van der Waals surface area contributed by atoms with E-state index in [1.165, 1.54) is 23.5 Å². The SMILES string of the molecule is CN(Cc1ccccc1)S(=O)(=O)c1ccc(NC(=O)c2ccccc2-c2ccccc2C#N)cc1. The molecule has 0 bridgehead atoms. The fourth-order valence-corrected chi connectivity index (χ4v) is 4.90. The van der Waals surface area contributed by atoms with Crippen LogP contribution in [0.3, 0.4) is 0 Å². The molecule has 0 aliphatic rings. The summed E-state index contributed by atoms with van der Waals surface area (Å²) in [5.41, 5.74) is 3.55. The van der Waals surface area contributed by atoms with Crippen molar-refractivity contribution in [2.75, 3.05) is 12.4 Å². The lowest BCUT2D eigenvalue weighted by Crippen LogP contribution is -2.26. The van der Waals surface area contributed by atoms with Crippen molar-refractivity contribution >= 4 is 21.6 Å². The Balaban J connectivity index is 1.53. The van der Waals surface area contributed by atoms with E-state index in [1.54, 1.807) is 48.5 Å². The number of sulfonamides is 1. The van der Waals surface area contributed by atoms with Crippen LogP contribution < -0.4 is 5.32 Å². The quantitative estimate of drug-likeness (QED) is 0.388. The van der Waals surface area contributed by atoms with Gasteiger partial charge in [-0.1, -0.05) is 66.7 Å². The van der Waals surface area contributed by atoms with Crippen LogP contribution in [-0.4, -0.2) is 25.7 Å². The fourth-order valence-electron chi connectivity index (χ4n) is 3.75. The van der Waals surface area contributed by atoms with Gasteiger partial charge in [0, 0.05) is 30.4 Å². The van der Waals surface area contributed by atoms with Crippen LogP contribution >= 0.6 is 0 Å². The van der Waals surface area contributed by atoms with E-state index in [0.717, 1.165) is 5.56 Å². The summed E-state index contributed by atoms with van der Waals surface area (Å²) in [6.07, 6.45) is 0. The number of nitrogens with zero attached hydrogens (tertiary/aromatic N) is 2. The van der Waals surface area contributed by atoms with Gasteiger partial charge in [0.15, 0.2) is 0 Å². The van der Waals surface area contributed by atoms with Gasteiger partial charge in [0.05, 0.1) is 16.5 Å². The van der Waals surface area contributed by atoms with Crippen molar-refractivity contribution in [3.8, 4) is 17.2 Å². The molecule has 6 nitrogen and oxygen atoms in total. The van der Waals surface area contributed by atoms with E-state index in [-0.39, 0.29) is 17.3 Å². The lowest BCUT2D eigenvalue weighted by molar-refractivity contribution is 0.102. The summed E-state index contributed by atoms with van der Waals surface area (Å²) in [4.78, 5) is 13.2. The summed E-state index contributed by atoms with van der Waals surface area (Å²) in [5, 5.41) is 12.3. The molecule has 0 atom stereocenters. The Morgan fingerprint density at radius 3 is 2.11 bits per heavy atom. The fraction of sp³-hybridized carbons (Fsp3) is 0.0714. The number of benzene rings is 4. The molecule has 1 N–H and O–H groups in total. The standard InChI is InChI=1S/C28H23N3O3S/c1-31(20-21-9-3-2-4-10-21)35(33,34)24-17-15-23(16-18-24)30-28(32)27-14-8-7-13-26(27)25-12-6-5-11-22(25)19-29/h2-18H,20H2,1H3,(H,30,32). The molecule has 4 aromatic carbocycles. The molecule has 4 rings (SSSR count). The van der Waals surface area contributed by atoms with Crippen LogP contribution in [0.15, 0.2) is 108 Å². The second-order valence-corrected chi connectivity index (χ2v) is 9.97. The second-order valence-electron chi connectivity index (χ2n) is 7.93. The third-order valence-corrected chi connectivity index (χ3v) is 7.40. The predicted molar refractivity (Wildman–Crippen MR) is 136 cm³/mol. The molecule has 0 aromatic heterocycles. The summed E-state index contributed by atoms with van der Waals surface area (Å²) in [6.45, 7) is 0.253. The first kappa shape index (κ1) is 23.9. The smallest absolute Gasteiger partial charge is 0.256 e. The summed E-state index contributed by atoms with van der Waals surface area (Å²) in [7, 11) is -2.16. The van der Waals surface area contributed by atoms with Crippen molar-refractivity contribution in [3.63, 3.8) is 0 Å². The molecule has 4 aromatic rings. The van der Waals surface area contributed by atoms with Crippen molar-refractivity contribution in [2.45, 2.75) is 11.4 Å². The highest BCUT2D eigenvalue weighted by Crippen LogP contribution is 2.28. The van der Waals surface area contributed by atoms with Crippen molar-refractivity contribution in [1.82, 2.24) is 4.31 Å². The molecule has 0 spiro atoms. The predicted octanol–water partition coefficient (Wildman–Crippen LogP) is 5.30. The summed E-state index contributed by atoms with van der Waals surface area (Å²) < 4.78 is 27.2. The van der Waals surface area contributed by atoms with Crippen LogP contribution in [-0.2, 0) is 16.6 Å². The van der Waals surface area contributed by atoms with Gasteiger partial charge >= 0.3 is 0 Å². The number of hydrogen-bond donors (Lipinski definition) is 1. The molecule has 0 fully saturated rings. The van der Waals surface area contributed by atoms with Gasteiger partial charge in [-0.05, 0) is 47.5 Å². The highest BCUT2D eigenvalue weighted by Gasteiger charge is 2.21. The van der Waals surface area contributed by atoms with E-state index in [2.05, 4.69) is 11.4 Å². The van der Waals surface area contributed by atoms with Crippen LogP contribution in [0.2, 0.25) is 0 Å². The van der Waals surface area contributed by atoms with Crippen molar-refractivity contribution < 1.29 is 13.2 Å². The van der Waals surface area contributed by atoms with Gasteiger partial charge in [0.1, 0.15) is 0 Å². The number of carbonyl (C=O) groups is 1. The molecule has 174 valence electrons. The van der Waals surface area contributed by atoms with Crippen LogP contribution in [0, 0.1) is 11.3 Å². The number of nitrogens with one attached hydrogen (secondary N) is 1. The zero-order valence-corrected chi connectivity index (χ0v) is 19.9. The molecular weight excluding hydrogens is 458 g/mol. The maximum absolute atomic E-state index is 13.1.